The Kier molecular flexibility index (Phi) is 5.78. The average molecular weight is 354 g/mol. The van der Waals surface area contributed by atoms with E-state index in [0.29, 0.717) is 13.1 Å². The summed E-state index contributed by atoms with van der Waals surface area (Å²) >= 11 is 0. The Balaban J connectivity index is 1.70. The Morgan fingerprint density at radius 3 is 2.50 bits per heavy atom. The molecule has 3 rings (SSSR count). The lowest BCUT2D eigenvalue weighted by Gasteiger charge is -2.42. The summed E-state index contributed by atoms with van der Waals surface area (Å²) < 4.78 is 10.8. The van der Waals surface area contributed by atoms with Gasteiger partial charge in [0, 0.05) is 44.5 Å². The highest BCUT2D eigenvalue weighted by molar-refractivity contribution is 5.82. The van der Waals surface area contributed by atoms with Crippen LogP contribution in [0.3, 0.4) is 0 Å². The first kappa shape index (κ1) is 18.3. The summed E-state index contributed by atoms with van der Waals surface area (Å²) in [6, 6.07) is 17.9. The zero-order chi connectivity index (χ0) is 18.5. The summed E-state index contributed by atoms with van der Waals surface area (Å²) in [6.07, 6.45) is -0.549. The normalized spacial score (nSPS) is 18.5. The van der Waals surface area contributed by atoms with Crippen molar-refractivity contribution in [1.29, 1.82) is 0 Å². The molecule has 1 fully saturated rings. The maximum absolute atomic E-state index is 13.0. The minimum Gasteiger partial charge on any atom is -0.497 e. The molecule has 0 N–H and O–H groups in total. The van der Waals surface area contributed by atoms with Crippen LogP contribution in [-0.4, -0.2) is 50.7 Å². The molecule has 0 radical (unpaired) electrons. The molecule has 2 aromatic rings. The minimum atomic E-state index is -0.549. The lowest BCUT2D eigenvalue weighted by molar-refractivity contribution is -0.143. The standard InChI is InChI=1S/C21H26N2O3/c1-16-15-22(21(24)20(26-3)17-8-5-4-6-9-17)12-13-23(16)18-10-7-11-19(14-18)25-2/h4-11,14,16,20H,12-13,15H2,1-3H3/t16-,20-/m1/s1. The van der Waals surface area contributed by atoms with Crippen LogP contribution < -0.4 is 9.64 Å². The first-order valence-corrected chi connectivity index (χ1v) is 8.91. The number of hydrogen-bond acceptors (Lipinski definition) is 4. The second-order valence-electron chi connectivity index (χ2n) is 6.55. The number of benzene rings is 2. The molecule has 138 valence electrons. The van der Waals surface area contributed by atoms with Crippen LogP contribution in [0.15, 0.2) is 54.6 Å². The van der Waals surface area contributed by atoms with E-state index in [4.69, 9.17) is 9.47 Å². The molecule has 0 unspecified atom stereocenters. The van der Waals surface area contributed by atoms with Gasteiger partial charge in [0.15, 0.2) is 6.10 Å². The Morgan fingerprint density at radius 1 is 1.08 bits per heavy atom. The second-order valence-corrected chi connectivity index (χ2v) is 6.55. The van der Waals surface area contributed by atoms with E-state index in [1.54, 1.807) is 14.2 Å². The van der Waals surface area contributed by atoms with Gasteiger partial charge in [-0.3, -0.25) is 4.79 Å². The van der Waals surface area contributed by atoms with Crippen LogP contribution in [0.2, 0.25) is 0 Å². The lowest BCUT2D eigenvalue weighted by atomic mass is 10.1. The number of amides is 1. The molecular formula is C21H26N2O3. The van der Waals surface area contributed by atoms with Crippen molar-refractivity contribution in [2.75, 3.05) is 38.8 Å². The molecule has 2 atom stereocenters. The maximum atomic E-state index is 13.0. The number of ether oxygens (including phenoxy) is 2. The van der Waals surface area contributed by atoms with Crippen molar-refractivity contribution < 1.29 is 14.3 Å². The molecule has 26 heavy (non-hydrogen) atoms. The van der Waals surface area contributed by atoms with E-state index in [2.05, 4.69) is 17.9 Å². The number of rotatable bonds is 5. The minimum absolute atomic E-state index is 0.0239. The van der Waals surface area contributed by atoms with Crippen molar-refractivity contribution in [3.63, 3.8) is 0 Å². The highest BCUT2D eigenvalue weighted by atomic mass is 16.5. The second kappa shape index (κ2) is 8.23. The molecule has 5 nitrogen and oxygen atoms in total. The van der Waals surface area contributed by atoms with Gasteiger partial charge in [0.1, 0.15) is 5.75 Å². The molecule has 1 saturated heterocycles. The summed E-state index contributed by atoms with van der Waals surface area (Å²) in [4.78, 5) is 17.2. The van der Waals surface area contributed by atoms with E-state index >= 15 is 0 Å². The average Bonchev–Trinajstić information content (AvgIpc) is 2.69. The van der Waals surface area contributed by atoms with Crippen LogP contribution in [0, 0.1) is 0 Å². The van der Waals surface area contributed by atoms with E-state index in [1.165, 1.54) is 0 Å². The number of anilines is 1. The quantitative estimate of drug-likeness (QED) is 0.827. The SMILES string of the molecule is COc1cccc(N2CCN(C(=O)[C@H](OC)c3ccccc3)C[C@H]2C)c1. The molecule has 1 amide bonds. The van der Waals surface area contributed by atoms with Crippen molar-refractivity contribution in [1.82, 2.24) is 4.90 Å². The van der Waals surface area contributed by atoms with Crippen molar-refractivity contribution >= 4 is 11.6 Å². The van der Waals surface area contributed by atoms with Gasteiger partial charge in [0.2, 0.25) is 0 Å². The number of carbonyl (C=O) groups is 1. The van der Waals surface area contributed by atoms with E-state index in [0.717, 1.165) is 23.5 Å². The van der Waals surface area contributed by atoms with Crippen LogP contribution in [0.25, 0.3) is 0 Å². The summed E-state index contributed by atoms with van der Waals surface area (Å²) in [7, 11) is 3.26. The topological polar surface area (TPSA) is 42.0 Å². The number of methoxy groups -OCH3 is 2. The summed E-state index contributed by atoms with van der Waals surface area (Å²) in [6.45, 7) is 4.27. The first-order chi connectivity index (χ1) is 12.6. The number of hydrogen-bond donors (Lipinski definition) is 0. The van der Waals surface area contributed by atoms with Gasteiger partial charge in [-0.05, 0) is 24.6 Å². The summed E-state index contributed by atoms with van der Waals surface area (Å²) in [5.41, 5.74) is 2.01. The number of carbonyl (C=O) groups excluding carboxylic acids is 1. The van der Waals surface area contributed by atoms with Gasteiger partial charge < -0.3 is 19.3 Å². The fourth-order valence-electron chi connectivity index (χ4n) is 3.50. The third kappa shape index (κ3) is 3.83. The Labute approximate surface area is 155 Å². The van der Waals surface area contributed by atoms with Crippen LogP contribution in [0.1, 0.15) is 18.6 Å². The molecule has 0 aromatic heterocycles. The Bertz CT molecular complexity index is 735. The third-order valence-electron chi connectivity index (χ3n) is 4.89. The predicted octanol–water partition coefficient (Wildman–Crippen LogP) is 3.12. The van der Waals surface area contributed by atoms with Crippen LogP contribution in [0.4, 0.5) is 5.69 Å². The Hall–Kier alpha value is -2.53. The first-order valence-electron chi connectivity index (χ1n) is 8.91. The van der Waals surface area contributed by atoms with Gasteiger partial charge >= 0.3 is 0 Å². The van der Waals surface area contributed by atoms with E-state index < -0.39 is 6.10 Å². The molecule has 1 aliphatic rings. The predicted molar refractivity (Wildman–Crippen MR) is 103 cm³/mol. The van der Waals surface area contributed by atoms with Gasteiger partial charge in [0.05, 0.1) is 7.11 Å². The smallest absolute Gasteiger partial charge is 0.256 e. The zero-order valence-corrected chi connectivity index (χ0v) is 15.6. The molecule has 0 aliphatic carbocycles. The molecule has 0 saturated carbocycles. The molecule has 0 spiro atoms. The fourth-order valence-corrected chi connectivity index (χ4v) is 3.50. The number of nitrogens with zero attached hydrogens (tertiary/aromatic N) is 2. The molecular weight excluding hydrogens is 328 g/mol. The lowest BCUT2D eigenvalue weighted by Crippen LogP contribution is -2.54. The molecule has 1 aliphatic heterocycles. The highest BCUT2D eigenvalue weighted by Crippen LogP contribution is 2.26. The summed E-state index contributed by atoms with van der Waals surface area (Å²) in [5, 5.41) is 0. The maximum Gasteiger partial charge on any atom is 0.256 e. The largest absolute Gasteiger partial charge is 0.497 e. The fraction of sp³-hybridized carbons (Fsp3) is 0.381. The van der Waals surface area contributed by atoms with Crippen molar-refractivity contribution in [2.45, 2.75) is 19.1 Å². The van der Waals surface area contributed by atoms with Gasteiger partial charge in [-0.2, -0.15) is 0 Å². The van der Waals surface area contributed by atoms with Crippen LogP contribution in [-0.2, 0) is 9.53 Å². The zero-order valence-electron chi connectivity index (χ0n) is 15.6. The number of piperazine rings is 1. The molecule has 5 heteroatoms. The summed E-state index contributed by atoms with van der Waals surface area (Å²) in [5.74, 6) is 0.868. The van der Waals surface area contributed by atoms with E-state index in [-0.39, 0.29) is 11.9 Å². The Morgan fingerprint density at radius 2 is 1.85 bits per heavy atom. The van der Waals surface area contributed by atoms with Crippen molar-refractivity contribution in [3.05, 3.63) is 60.2 Å². The van der Waals surface area contributed by atoms with Gasteiger partial charge in [0.25, 0.3) is 5.91 Å². The highest BCUT2D eigenvalue weighted by Gasteiger charge is 2.31. The van der Waals surface area contributed by atoms with E-state index in [1.807, 2.05) is 53.4 Å². The van der Waals surface area contributed by atoms with Gasteiger partial charge in [-0.1, -0.05) is 36.4 Å². The monoisotopic (exact) mass is 354 g/mol. The van der Waals surface area contributed by atoms with Gasteiger partial charge in [-0.25, -0.2) is 0 Å². The molecule has 0 bridgehead atoms. The van der Waals surface area contributed by atoms with Gasteiger partial charge in [-0.15, -0.1) is 0 Å². The van der Waals surface area contributed by atoms with Crippen LogP contribution >= 0.6 is 0 Å². The van der Waals surface area contributed by atoms with E-state index in [9.17, 15) is 4.79 Å². The van der Waals surface area contributed by atoms with Crippen LogP contribution in [0.5, 0.6) is 5.75 Å². The molecule has 2 aromatic carbocycles. The third-order valence-corrected chi connectivity index (χ3v) is 4.89. The van der Waals surface area contributed by atoms with Crippen molar-refractivity contribution in [2.24, 2.45) is 0 Å². The van der Waals surface area contributed by atoms with Crippen molar-refractivity contribution in [3.8, 4) is 5.75 Å². The molecule has 1 heterocycles.